The first-order valence-electron chi connectivity index (χ1n) is 5.75. The van der Waals surface area contributed by atoms with Gasteiger partial charge in [-0.25, -0.2) is 8.78 Å². The van der Waals surface area contributed by atoms with Crippen LogP contribution in [0.25, 0.3) is 0 Å². The Labute approximate surface area is 113 Å². The molecule has 0 heterocycles. The van der Waals surface area contributed by atoms with Crippen molar-refractivity contribution in [3.8, 4) is 5.75 Å². The van der Waals surface area contributed by atoms with Crippen LogP contribution < -0.4 is 4.74 Å². The quantitative estimate of drug-likeness (QED) is 0.491. The van der Waals surface area contributed by atoms with Crippen molar-refractivity contribution < 1.29 is 23.1 Å². The summed E-state index contributed by atoms with van der Waals surface area (Å²) in [4.78, 5) is 22.8. The molecule has 0 saturated heterocycles. The van der Waals surface area contributed by atoms with Crippen LogP contribution in [0, 0.1) is 11.6 Å². The van der Waals surface area contributed by atoms with E-state index in [1.54, 1.807) is 0 Å². The van der Waals surface area contributed by atoms with E-state index in [9.17, 15) is 18.4 Å². The second kappa shape index (κ2) is 5.61. The number of esters is 1. The highest BCUT2D eigenvalue weighted by atomic mass is 19.1. The van der Waals surface area contributed by atoms with Crippen LogP contribution in [0.3, 0.4) is 0 Å². The molecule has 0 aliphatic rings. The van der Waals surface area contributed by atoms with Gasteiger partial charge in [0.05, 0.1) is 0 Å². The first kappa shape index (κ1) is 13.9. The van der Waals surface area contributed by atoms with Crippen molar-refractivity contribution in [2.24, 2.45) is 0 Å². The van der Waals surface area contributed by atoms with Gasteiger partial charge in [0.1, 0.15) is 17.4 Å². The molecule has 0 N–H and O–H groups in total. The predicted molar refractivity (Wildman–Crippen MR) is 67.5 cm³/mol. The predicted octanol–water partition coefficient (Wildman–Crippen LogP) is 3.12. The average molecular weight is 276 g/mol. The molecule has 0 radical (unpaired) electrons. The highest BCUT2D eigenvalue weighted by molar-refractivity contribution is 6.09. The van der Waals surface area contributed by atoms with Gasteiger partial charge in [-0.15, -0.1) is 0 Å². The third-order valence-corrected chi connectivity index (χ3v) is 2.50. The summed E-state index contributed by atoms with van der Waals surface area (Å²) in [7, 11) is 0. The van der Waals surface area contributed by atoms with Crippen LogP contribution in [0.15, 0.2) is 42.5 Å². The van der Waals surface area contributed by atoms with E-state index in [0.717, 1.165) is 12.1 Å². The lowest BCUT2D eigenvalue weighted by Gasteiger charge is -2.04. The van der Waals surface area contributed by atoms with Gasteiger partial charge >= 0.3 is 5.97 Å². The van der Waals surface area contributed by atoms with Crippen molar-refractivity contribution in [3.05, 3.63) is 65.2 Å². The molecule has 20 heavy (non-hydrogen) atoms. The monoisotopic (exact) mass is 276 g/mol. The van der Waals surface area contributed by atoms with Gasteiger partial charge in [0.2, 0.25) is 0 Å². The third kappa shape index (κ3) is 3.26. The molecule has 2 aromatic carbocycles. The minimum atomic E-state index is -0.815. The Balaban J connectivity index is 2.26. The number of ether oxygens (including phenoxy) is 1. The summed E-state index contributed by atoms with van der Waals surface area (Å²) in [5, 5.41) is 0. The maximum Gasteiger partial charge on any atom is 0.308 e. The zero-order chi connectivity index (χ0) is 14.7. The molecule has 0 aliphatic carbocycles. The number of halogens is 2. The van der Waals surface area contributed by atoms with Crippen molar-refractivity contribution >= 4 is 11.8 Å². The Morgan fingerprint density at radius 2 is 1.45 bits per heavy atom. The van der Waals surface area contributed by atoms with Crippen LogP contribution in [0.5, 0.6) is 5.75 Å². The fraction of sp³-hybridized carbons (Fsp3) is 0.0667. The van der Waals surface area contributed by atoms with E-state index in [1.807, 2.05) is 0 Å². The lowest BCUT2D eigenvalue weighted by molar-refractivity contribution is -0.131. The molecule has 5 heteroatoms. The number of ketones is 1. The normalized spacial score (nSPS) is 10.2. The molecule has 0 aliphatic heterocycles. The maximum atomic E-state index is 13.1. The van der Waals surface area contributed by atoms with Crippen LogP contribution in [-0.4, -0.2) is 11.8 Å². The van der Waals surface area contributed by atoms with E-state index in [0.29, 0.717) is 11.8 Å². The van der Waals surface area contributed by atoms with Gasteiger partial charge in [-0.2, -0.15) is 0 Å². The average Bonchev–Trinajstić information content (AvgIpc) is 2.37. The van der Waals surface area contributed by atoms with Gasteiger partial charge in [0, 0.05) is 24.1 Å². The Bertz CT molecular complexity index is 643. The van der Waals surface area contributed by atoms with Gasteiger partial charge in [0.15, 0.2) is 5.78 Å². The molecule has 0 bridgehead atoms. The van der Waals surface area contributed by atoms with Crippen LogP contribution in [0.2, 0.25) is 0 Å². The van der Waals surface area contributed by atoms with Gasteiger partial charge < -0.3 is 4.74 Å². The Morgan fingerprint density at radius 1 is 0.900 bits per heavy atom. The molecule has 0 saturated carbocycles. The van der Waals surface area contributed by atoms with E-state index in [1.165, 1.54) is 31.2 Å². The summed E-state index contributed by atoms with van der Waals surface area (Å²) in [5.41, 5.74) is 0.161. The minimum Gasteiger partial charge on any atom is -0.427 e. The summed E-state index contributed by atoms with van der Waals surface area (Å²) in [6, 6.07) is 8.33. The number of hydrogen-bond acceptors (Lipinski definition) is 3. The van der Waals surface area contributed by atoms with E-state index < -0.39 is 23.4 Å². The van der Waals surface area contributed by atoms with Crippen LogP contribution in [0.1, 0.15) is 22.8 Å². The maximum absolute atomic E-state index is 13.1. The molecule has 0 aromatic heterocycles. The molecule has 3 nitrogen and oxygen atoms in total. The van der Waals surface area contributed by atoms with Crippen molar-refractivity contribution in [1.29, 1.82) is 0 Å². The number of rotatable bonds is 3. The second-order valence-electron chi connectivity index (χ2n) is 4.11. The first-order chi connectivity index (χ1) is 9.45. The molecule has 102 valence electrons. The van der Waals surface area contributed by atoms with Gasteiger partial charge in [0.25, 0.3) is 0 Å². The summed E-state index contributed by atoms with van der Waals surface area (Å²) < 4.78 is 30.9. The summed E-state index contributed by atoms with van der Waals surface area (Å²) in [6.07, 6.45) is 0. The minimum absolute atomic E-state index is 0.0808. The standard InChI is InChI=1S/C15H10F2O3/c1-9(18)20-14-4-2-10(3-5-14)15(19)11-6-12(16)8-13(17)7-11/h2-8H,1H3. The van der Waals surface area contributed by atoms with Crippen LogP contribution >= 0.6 is 0 Å². The van der Waals surface area contributed by atoms with E-state index >= 15 is 0 Å². The molecular formula is C15H10F2O3. The zero-order valence-electron chi connectivity index (χ0n) is 10.5. The second-order valence-corrected chi connectivity index (χ2v) is 4.11. The SMILES string of the molecule is CC(=O)Oc1ccc(C(=O)c2cc(F)cc(F)c2)cc1. The smallest absolute Gasteiger partial charge is 0.308 e. The molecule has 2 aromatic rings. The van der Waals surface area contributed by atoms with Crippen molar-refractivity contribution in [2.75, 3.05) is 0 Å². The molecular weight excluding hydrogens is 266 g/mol. The molecule has 0 amide bonds. The van der Waals surface area contributed by atoms with Gasteiger partial charge in [-0.1, -0.05) is 0 Å². The largest absolute Gasteiger partial charge is 0.427 e. The fourth-order valence-corrected chi connectivity index (χ4v) is 1.69. The Kier molecular flexibility index (Phi) is 3.89. The van der Waals surface area contributed by atoms with Crippen molar-refractivity contribution in [1.82, 2.24) is 0 Å². The van der Waals surface area contributed by atoms with Gasteiger partial charge in [-0.05, 0) is 36.4 Å². The molecule has 0 atom stereocenters. The third-order valence-electron chi connectivity index (χ3n) is 2.50. The molecule has 2 rings (SSSR count). The number of carbonyl (C=O) groups is 2. The first-order valence-corrected chi connectivity index (χ1v) is 5.75. The highest BCUT2D eigenvalue weighted by Gasteiger charge is 2.12. The zero-order valence-corrected chi connectivity index (χ0v) is 10.5. The highest BCUT2D eigenvalue weighted by Crippen LogP contribution is 2.17. The summed E-state index contributed by atoms with van der Waals surface area (Å²) >= 11 is 0. The topological polar surface area (TPSA) is 43.4 Å². The molecule has 0 fully saturated rings. The number of carbonyl (C=O) groups excluding carboxylic acids is 2. The Hall–Kier alpha value is -2.56. The van der Waals surface area contributed by atoms with Crippen molar-refractivity contribution in [2.45, 2.75) is 6.92 Å². The van der Waals surface area contributed by atoms with E-state index in [2.05, 4.69) is 0 Å². The van der Waals surface area contributed by atoms with E-state index in [4.69, 9.17) is 4.74 Å². The Morgan fingerprint density at radius 3 is 1.95 bits per heavy atom. The van der Waals surface area contributed by atoms with Crippen LogP contribution in [-0.2, 0) is 4.79 Å². The fourth-order valence-electron chi connectivity index (χ4n) is 1.69. The van der Waals surface area contributed by atoms with Crippen LogP contribution in [0.4, 0.5) is 8.78 Å². The number of benzene rings is 2. The lowest BCUT2D eigenvalue weighted by atomic mass is 10.0. The number of hydrogen-bond donors (Lipinski definition) is 0. The molecule has 0 unspecified atom stereocenters. The van der Waals surface area contributed by atoms with E-state index in [-0.39, 0.29) is 11.1 Å². The van der Waals surface area contributed by atoms with Gasteiger partial charge in [-0.3, -0.25) is 9.59 Å². The summed E-state index contributed by atoms with van der Waals surface area (Å²) in [6.45, 7) is 1.26. The van der Waals surface area contributed by atoms with Crippen molar-refractivity contribution in [3.63, 3.8) is 0 Å². The summed E-state index contributed by atoms with van der Waals surface area (Å²) in [5.74, 6) is -2.33. The molecule has 0 spiro atoms. The lowest BCUT2D eigenvalue weighted by Crippen LogP contribution is -2.04.